The molecule has 1 fully saturated rings. The number of Topliss-reactive ketones (excluding diaryl/α,β-unsaturated/α-hetero) is 1. The van der Waals surface area contributed by atoms with Crippen molar-refractivity contribution < 1.29 is 27.5 Å². The first-order valence-corrected chi connectivity index (χ1v) is 14.0. The highest BCUT2D eigenvalue weighted by Gasteiger charge is 2.58. The van der Waals surface area contributed by atoms with E-state index < -0.39 is 51.9 Å². The van der Waals surface area contributed by atoms with Crippen molar-refractivity contribution in [3.63, 3.8) is 0 Å². The van der Waals surface area contributed by atoms with Gasteiger partial charge >= 0.3 is 5.97 Å². The van der Waals surface area contributed by atoms with E-state index in [0.29, 0.717) is 0 Å². The van der Waals surface area contributed by atoms with E-state index in [-0.39, 0.29) is 28.9 Å². The number of benzene rings is 2. The number of hydrogen-bond donors (Lipinski definition) is 2. The summed E-state index contributed by atoms with van der Waals surface area (Å²) in [6, 6.07) is 15.4. The Balaban J connectivity index is 1.86. The van der Waals surface area contributed by atoms with Crippen LogP contribution in [0.5, 0.6) is 0 Å². The number of esters is 1. The van der Waals surface area contributed by atoms with Crippen LogP contribution in [0.15, 0.2) is 65.6 Å². The van der Waals surface area contributed by atoms with Crippen LogP contribution in [-0.4, -0.2) is 44.3 Å². The second-order valence-electron chi connectivity index (χ2n) is 10.3. The lowest BCUT2D eigenvalue weighted by Crippen LogP contribution is -2.55. The van der Waals surface area contributed by atoms with Gasteiger partial charge in [-0.2, -0.15) is 4.72 Å². The van der Waals surface area contributed by atoms with Crippen LogP contribution >= 0.6 is 0 Å². The maximum Gasteiger partial charge on any atom is 0.303 e. The number of nitrogens with one attached hydrogen (secondary N) is 2. The number of carbonyl (C=O) groups is 3. The van der Waals surface area contributed by atoms with Crippen molar-refractivity contribution in [2.45, 2.75) is 70.0 Å². The average molecular weight is 529 g/mol. The maximum atomic E-state index is 13.5. The maximum absolute atomic E-state index is 13.5. The van der Waals surface area contributed by atoms with Crippen LogP contribution in [0.3, 0.4) is 0 Å². The second-order valence-corrected chi connectivity index (χ2v) is 12.0. The average Bonchev–Trinajstić information content (AvgIpc) is 3.51. The van der Waals surface area contributed by atoms with Gasteiger partial charge in [-0.15, -0.1) is 0 Å². The molecule has 2 unspecified atom stereocenters. The summed E-state index contributed by atoms with van der Waals surface area (Å²) in [4.78, 5) is 38.5. The quantitative estimate of drug-likeness (QED) is 0.408. The van der Waals surface area contributed by atoms with E-state index in [2.05, 4.69) is 10.0 Å². The summed E-state index contributed by atoms with van der Waals surface area (Å²) in [5.41, 5.74) is 0.830. The van der Waals surface area contributed by atoms with Crippen molar-refractivity contribution in [3.8, 4) is 0 Å². The van der Waals surface area contributed by atoms with Crippen molar-refractivity contribution in [3.05, 3.63) is 66.2 Å². The van der Waals surface area contributed by atoms with Crippen molar-refractivity contribution in [2.24, 2.45) is 17.8 Å². The van der Waals surface area contributed by atoms with Gasteiger partial charge in [0, 0.05) is 6.92 Å². The fraction of sp³-hybridized carbons (Fsp3) is 0.464. The first kappa shape index (κ1) is 28.5. The highest BCUT2D eigenvalue weighted by Crippen LogP contribution is 2.47. The number of rotatable bonds is 12. The molecule has 0 radical (unpaired) electrons. The Morgan fingerprint density at radius 3 is 2.03 bits per heavy atom. The Kier molecular flexibility index (Phi) is 9.26. The van der Waals surface area contributed by atoms with Crippen LogP contribution < -0.4 is 10.0 Å². The van der Waals surface area contributed by atoms with Gasteiger partial charge in [-0.05, 0) is 36.0 Å². The lowest BCUT2D eigenvalue weighted by atomic mass is 9.92. The zero-order valence-electron chi connectivity index (χ0n) is 21.9. The molecule has 1 saturated carbocycles. The highest BCUT2D eigenvalue weighted by atomic mass is 32.2. The zero-order chi connectivity index (χ0) is 27.3. The molecular formula is C28H36N2O6S. The molecule has 37 heavy (non-hydrogen) atoms. The fourth-order valence-corrected chi connectivity index (χ4v) is 5.86. The predicted molar refractivity (Wildman–Crippen MR) is 140 cm³/mol. The Hall–Kier alpha value is -3.04. The van der Waals surface area contributed by atoms with Gasteiger partial charge in [0.25, 0.3) is 0 Å². The summed E-state index contributed by atoms with van der Waals surface area (Å²) in [7, 11) is -3.95. The van der Waals surface area contributed by atoms with Gasteiger partial charge in [-0.3, -0.25) is 14.4 Å². The van der Waals surface area contributed by atoms with Crippen LogP contribution in [0.4, 0.5) is 0 Å². The van der Waals surface area contributed by atoms with Crippen molar-refractivity contribution in [1.29, 1.82) is 0 Å². The summed E-state index contributed by atoms with van der Waals surface area (Å²) in [5, 5.41) is 2.92. The molecule has 2 aromatic rings. The van der Waals surface area contributed by atoms with Crippen molar-refractivity contribution in [2.75, 3.05) is 0 Å². The summed E-state index contributed by atoms with van der Waals surface area (Å²) in [5.74, 6) is -2.35. The second kappa shape index (κ2) is 12.0. The minimum Gasteiger partial charge on any atom is -0.460 e. The van der Waals surface area contributed by atoms with E-state index in [9.17, 15) is 22.8 Å². The van der Waals surface area contributed by atoms with E-state index in [4.69, 9.17) is 4.74 Å². The largest absolute Gasteiger partial charge is 0.460 e. The molecule has 5 atom stereocenters. The molecule has 0 heterocycles. The Bertz CT molecular complexity index is 1200. The molecule has 1 aliphatic rings. The van der Waals surface area contributed by atoms with Crippen LogP contribution in [0.2, 0.25) is 0 Å². The smallest absolute Gasteiger partial charge is 0.303 e. The third-order valence-corrected chi connectivity index (χ3v) is 7.94. The molecule has 0 saturated heterocycles. The van der Waals surface area contributed by atoms with Gasteiger partial charge in [0.05, 0.1) is 22.8 Å². The first-order chi connectivity index (χ1) is 17.4. The van der Waals surface area contributed by atoms with E-state index in [1.807, 2.05) is 58.0 Å². The Labute approximate surface area is 219 Å². The molecular weight excluding hydrogens is 492 g/mol. The fourth-order valence-electron chi connectivity index (χ4n) is 4.63. The van der Waals surface area contributed by atoms with Gasteiger partial charge in [-0.25, -0.2) is 8.42 Å². The third kappa shape index (κ3) is 7.26. The van der Waals surface area contributed by atoms with Gasteiger partial charge in [0.1, 0.15) is 17.9 Å². The lowest BCUT2D eigenvalue weighted by Gasteiger charge is -2.32. The lowest BCUT2D eigenvalue weighted by molar-refractivity contribution is -0.151. The molecule has 200 valence electrons. The predicted octanol–water partition coefficient (Wildman–Crippen LogP) is 3.43. The minimum absolute atomic E-state index is 0.0171. The molecule has 1 aliphatic carbocycles. The topological polar surface area (TPSA) is 119 Å². The molecule has 2 N–H and O–H groups in total. The molecule has 2 aromatic carbocycles. The van der Waals surface area contributed by atoms with Crippen LogP contribution in [0.25, 0.3) is 0 Å². The van der Waals surface area contributed by atoms with E-state index in [1.54, 1.807) is 18.2 Å². The summed E-state index contributed by atoms with van der Waals surface area (Å²) >= 11 is 0. The van der Waals surface area contributed by atoms with Crippen LogP contribution in [-0.2, 0) is 29.1 Å². The molecule has 3 rings (SSSR count). The molecule has 8 nitrogen and oxygen atoms in total. The SMILES string of the molecule is CC(=O)O[C@@H](C1C(=O)C1c1ccccc1)[C@@H](NC(=O)[C@H](CC(C)C)NS(=O)(=O)c1ccccc1)C(C)C. The Morgan fingerprint density at radius 1 is 0.946 bits per heavy atom. The highest BCUT2D eigenvalue weighted by molar-refractivity contribution is 7.89. The number of hydrogen-bond acceptors (Lipinski definition) is 6. The third-order valence-electron chi connectivity index (χ3n) is 6.46. The molecule has 9 heteroatoms. The normalized spacial score (nSPS) is 19.8. The summed E-state index contributed by atoms with van der Waals surface area (Å²) < 4.78 is 34.1. The number of ether oxygens (including phenoxy) is 1. The van der Waals surface area contributed by atoms with Gasteiger partial charge in [0.2, 0.25) is 15.9 Å². The van der Waals surface area contributed by atoms with Crippen LogP contribution in [0.1, 0.15) is 52.5 Å². The number of ketones is 1. The molecule has 0 bridgehead atoms. The van der Waals surface area contributed by atoms with Gasteiger partial charge in [0.15, 0.2) is 0 Å². The Morgan fingerprint density at radius 2 is 1.51 bits per heavy atom. The number of amides is 1. The standard InChI is InChI=1S/C28H36N2O6S/c1-17(2)16-22(30-37(34,35)21-14-10-7-11-15-21)28(33)29-25(18(3)4)27(36-19(5)31)24-23(26(24)32)20-12-8-6-9-13-20/h6-15,17-18,22-25,27,30H,16H2,1-5H3,(H,29,33)/t22-,23?,24?,25-,27-/m0/s1. The number of carbonyl (C=O) groups excluding carboxylic acids is 3. The van der Waals surface area contributed by atoms with E-state index >= 15 is 0 Å². The van der Waals surface area contributed by atoms with Crippen LogP contribution in [0, 0.1) is 17.8 Å². The first-order valence-electron chi connectivity index (χ1n) is 12.6. The van der Waals surface area contributed by atoms with Crippen molar-refractivity contribution >= 4 is 27.7 Å². The minimum atomic E-state index is -3.95. The van der Waals surface area contributed by atoms with E-state index in [1.165, 1.54) is 19.1 Å². The van der Waals surface area contributed by atoms with Gasteiger partial charge in [-0.1, -0.05) is 76.2 Å². The molecule has 1 amide bonds. The molecule has 0 aliphatic heterocycles. The van der Waals surface area contributed by atoms with Crippen molar-refractivity contribution in [1.82, 2.24) is 10.0 Å². The van der Waals surface area contributed by atoms with E-state index in [0.717, 1.165) is 5.56 Å². The summed E-state index contributed by atoms with van der Waals surface area (Å²) in [6.45, 7) is 8.78. The summed E-state index contributed by atoms with van der Waals surface area (Å²) in [6.07, 6.45) is -0.625. The molecule has 0 aromatic heterocycles. The van der Waals surface area contributed by atoms with Gasteiger partial charge < -0.3 is 10.1 Å². The zero-order valence-corrected chi connectivity index (χ0v) is 22.7. The molecule has 0 spiro atoms. The number of sulfonamides is 1. The monoisotopic (exact) mass is 528 g/mol.